The lowest BCUT2D eigenvalue weighted by molar-refractivity contribution is 0.0935. The number of hydrogen-bond donors (Lipinski definition) is 1. The molecule has 0 aliphatic rings. The van der Waals surface area contributed by atoms with Gasteiger partial charge in [-0.25, -0.2) is 13.8 Å². The molecule has 152 valence electrons. The average Bonchev–Trinajstić information content (AvgIpc) is 3.09. The molecule has 29 heavy (non-hydrogen) atoms. The third-order valence-electron chi connectivity index (χ3n) is 4.69. The van der Waals surface area contributed by atoms with E-state index in [4.69, 9.17) is 0 Å². The number of hydrogen-bond acceptors (Lipinski definition) is 3. The summed E-state index contributed by atoms with van der Waals surface area (Å²) in [5, 5.41) is 5.28. The van der Waals surface area contributed by atoms with Crippen LogP contribution in [0.5, 0.6) is 0 Å². The lowest BCUT2D eigenvalue weighted by Crippen LogP contribution is -2.27. The number of amides is 1. The van der Waals surface area contributed by atoms with E-state index < -0.39 is 17.7 Å². The third-order valence-corrected chi connectivity index (χ3v) is 5.54. The Bertz CT molecular complexity index is 986. The second-order valence-electron chi connectivity index (χ2n) is 8.15. The van der Waals surface area contributed by atoms with Gasteiger partial charge >= 0.3 is 0 Å². The van der Waals surface area contributed by atoms with Crippen LogP contribution in [0.4, 0.5) is 8.78 Å². The van der Waals surface area contributed by atoms with Gasteiger partial charge in [0.1, 0.15) is 17.3 Å². The maximum absolute atomic E-state index is 13.4. The van der Waals surface area contributed by atoms with Crippen molar-refractivity contribution >= 4 is 17.2 Å². The molecule has 1 heterocycles. The molecule has 2 aromatic carbocycles. The second-order valence-corrected chi connectivity index (χ2v) is 9.09. The van der Waals surface area contributed by atoms with Crippen molar-refractivity contribution in [1.29, 1.82) is 0 Å². The van der Waals surface area contributed by atoms with Crippen LogP contribution < -0.4 is 5.32 Å². The highest BCUT2D eigenvalue weighted by molar-refractivity contribution is 7.09. The van der Waals surface area contributed by atoms with Crippen LogP contribution in [0.1, 0.15) is 65.9 Å². The van der Waals surface area contributed by atoms with Crippen molar-refractivity contribution in [3.05, 3.63) is 86.9 Å². The molecule has 0 bridgehead atoms. The predicted molar refractivity (Wildman–Crippen MR) is 112 cm³/mol. The standard InChI is InChI=1S/C23H24F2N2OS/c1-14(16-10-18(24)12-19(25)11-16)26-22(28)20-13-29-21(27-20)9-15-5-7-17(8-6-15)23(2,3)4/h5-8,10-14H,9H2,1-4H3,(H,26,28). The molecule has 0 saturated heterocycles. The molecule has 3 rings (SSSR count). The van der Waals surface area contributed by atoms with Crippen molar-refractivity contribution in [2.45, 2.75) is 45.6 Å². The first-order valence-electron chi connectivity index (χ1n) is 9.42. The van der Waals surface area contributed by atoms with Crippen LogP contribution in [0.15, 0.2) is 47.8 Å². The van der Waals surface area contributed by atoms with Crippen molar-refractivity contribution in [3.63, 3.8) is 0 Å². The van der Waals surface area contributed by atoms with Crippen molar-refractivity contribution in [2.75, 3.05) is 0 Å². The highest BCUT2D eigenvalue weighted by Gasteiger charge is 2.17. The molecule has 0 radical (unpaired) electrons. The molecule has 3 nitrogen and oxygen atoms in total. The van der Waals surface area contributed by atoms with Gasteiger partial charge in [-0.05, 0) is 41.2 Å². The molecule has 1 unspecified atom stereocenters. The molecule has 0 spiro atoms. The number of rotatable bonds is 5. The zero-order valence-corrected chi connectivity index (χ0v) is 17.7. The van der Waals surface area contributed by atoms with Gasteiger partial charge in [0.25, 0.3) is 5.91 Å². The smallest absolute Gasteiger partial charge is 0.271 e. The van der Waals surface area contributed by atoms with E-state index in [-0.39, 0.29) is 11.3 Å². The van der Waals surface area contributed by atoms with E-state index in [0.717, 1.165) is 16.6 Å². The van der Waals surface area contributed by atoms with E-state index in [2.05, 4.69) is 55.3 Å². The van der Waals surface area contributed by atoms with Gasteiger partial charge in [-0.2, -0.15) is 0 Å². The summed E-state index contributed by atoms with van der Waals surface area (Å²) in [7, 11) is 0. The molecule has 0 aliphatic carbocycles. The number of carbonyl (C=O) groups is 1. The van der Waals surface area contributed by atoms with E-state index in [1.165, 1.54) is 29.0 Å². The molecule has 1 atom stereocenters. The molecule has 0 saturated carbocycles. The van der Waals surface area contributed by atoms with Gasteiger partial charge in [0.2, 0.25) is 0 Å². The summed E-state index contributed by atoms with van der Waals surface area (Å²) in [6.45, 7) is 8.20. The number of benzene rings is 2. The van der Waals surface area contributed by atoms with Crippen molar-refractivity contribution in [1.82, 2.24) is 10.3 Å². The van der Waals surface area contributed by atoms with Crippen molar-refractivity contribution < 1.29 is 13.6 Å². The molecule has 0 aliphatic heterocycles. The fourth-order valence-electron chi connectivity index (χ4n) is 2.97. The Labute approximate surface area is 173 Å². The van der Waals surface area contributed by atoms with E-state index in [9.17, 15) is 13.6 Å². The summed E-state index contributed by atoms with van der Waals surface area (Å²) in [5.41, 5.74) is 3.17. The molecule has 3 aromatic rings. The number of carbonyl (C=O) groups excluding carboxylic acids is 1. The Morgan fingerprint density at radius 3 is 2.31 bits per heavy atom. The normalized spacial score (nSPS) is 12.6. The van der Waals surface area contributed by atoms with Crippen LogP contribution in [-0.2, 0) is 11.8 Å². The first kappa shape index (κ1) is 21.1. The lowest BCUT2D eigenvalue weighted by Gasteiger charge is -2.19. The van der Waals surface area contributed by atoms with Gasteiger partial charge in [-0.3, -0.25) is 4.79 Å². The fraction of sp³-hybridized carbons (Fsp3) is 0.304. The quantitative estimate of drug-likeness (QED) is 0.573. The largest absolute Gasteiger partial charge is 0.344 e. The van der Waals surface area contributed by atoms with Crippen molar-refractivity contribution in [2.24, 2.45) is 0 Å². The zero-order valence-electron chi connectivity index (χ0n) is 16.9. The SMILES string of the molecule is CC(NC(=O)c1csc(Cc2ccc(C(C)(C)C)cc2)n1)c1cc(F)cc(F)c1. The predicted octanol–water partition coefficient (Wildman–Crippen LogP) is 5.80. The Kier molecular flexibility index (Phi) is 6.13. The molecular formula is C23H24F2N2OS. The van der Waals surface area contributed by atoms with Crippen LogP contribution in [0.3, 0.4) is 0 Å². The zero-order chi connectivity index (χ0) is 21.2. The van der Waals surface area contributed by atoms with Gasteiger partial charge in [0.15, 0.2) is 0 Å². The topological polar surface area (TPSA) is 42.0 Å². The van der Waals surface area contributed by atoms with E-state index in [1.54, 1.807) is 12.3 Å². The summed E-state index contributed by atoms with van der Waals surface area (Å²) < 4.78 is 26.8. The van der Waals surface area contributed by atoms with E-state index >= 15 is 0 Å². The third kappa shape index (κ3) is 5.48. The minimum atomic E-state index is -0.672. The van der Waals surface area contributed by atoms with Gasteiger partial charge in [0, 0.05) is 17.9 Å². The molecule has 1 amide bonds. The number of nitrogens with zero attached hydrogens (tertiary/aromatic N) is 1. The first-order valence-corrected chi connectivity index (χ1v) is 10.3. The molecule has 6 heteroatoms. The maximum Gasteiger partial charge on any atom is 0.271 e. The highest BCUT2D eigenvalue weighted by Crippen LogP contribution is 2.23. The Morgan fingerprint density at radius 2 is 1.72 bits per heavy atom. The average molecular weight is 415 g/mol. The van der Waals surface area contributed by atoms with Crippen molar-refractivity contribution in [3.8, 4) is 0 Å². The van der Waals surface area contributed by atoms with E-state index in [0.29, 0.717) is 17.7 Å². The van der Waals surface area contributed by atoms with Crippen LogP contribution >= 0.6 is 11.3 Å². The van der Waals surface area contributed by atoms with Gasteiger partial charge in [0.05, 0.1) is 11.0 Å². The Morgan fingerprint density at radius 1 is 1.10 bits per heavy atom. The van der Waals surface area contributed by atoms with Gasteiger partial charge in [-0.15, -0.1) is 11.3 Å². The number of halogens is 2. The molecule has 1 aromatic heterocycles. The number of nitrogens with one attached hydrogen (secondary N) is 1. The second kappa shape index (κ2) is 8.41. The monoisotopic (exact) mass is 414 g/mol. The van der Waals surface area contributed by atoms with Crippen LogP contribution in [0.25, 0.3) is 0 Å². The van der Waals surface area contributed by atoms with E-state index in [1.807, 2.05) is 0 Å². The summed E-state index contributed by atoms with van der Waals surface area (Å²) >= 11 is 1.42. The summed E-state index contributed by atoms with van der Waals surface area (Å²) in [5.74, 6) is -1.71. The minimum absolute atomic E-state index is 0.103. The van der Waals surface area contributed by atoms with Crippen LogP contribution in [-0.4, -0.2) is 10.9 Å². The number of aromatic nitrogens is 1. The maximum atomic E-state index is 13.4. The Hall–Kier alpha value is -2.60. The summed E-state index contributed by atoms with van der Waals surface area (Å²) in [6, 6.07) is 11.1. The summed E-state index contributed by atoms with van der Waals surface area (Å²) in [4.78, 5) is 16.9. The summed E-state index contributed by atoms with van der Waals surface area (Å²) in [6.07, 6.45) is 0.646. The highest BCUT2D eigenvalue weighted by atomic mass is 32.1. The van der Waals surface area contributed by atoms with Gasteiger partial charge < -0.3 is 5.32 Å². The molecule has 1 N–H and O–H groups in total. The minimum Gasteiger partial charge on any atom is -0.344 e. The first-order chi connectivity index (χ1) is 13.6. The lowest BCUT2D eigenvalue weighted by atomic mass is 9.86. The fourth-order valence-corrected chi connectivity index (χ4v) is 3.78. The van der Waals surface area contributed by atoms with Crippen LogP contribution in [0, 0.1) is 11.6 Å². The number of thiazole rings is 1. The van der Waals surface area contributed by atoms with Gasteiger partial charge in [-0.1, -0.05) is 45.0 Å². The molecular weight excluding hydrogens is 390 g/mol. The molecule has 0 fully saturated rings. The Balaban J connectivity index is 1.65. The van der Waals surface area contributed by atoms with Crippen LogP contribution in [0.2, 0.25) is 0 Å².